The SMILES string of the molecule is N#CC1CCN(c2ccc(-c3cn(-c4ccc(F)cc4)nc3[C@@H]3CCCC[C@H]3C(=O)NC3(C#N)CC3)cc2)CC1. The van der Waals surface area contributed by atoms with E-state index in [1.54, 1.807) is 16.8 Å². The highest BCUT2D eigenvalue weighted by Gasteiger charge is 2.47. The fraction of sp³-hybridized carbons (Fsp3) is 0.438. The van der Waals surface area contributed by atoms with Gasteiger partial charge in [-0.3, -0.25) is 4.79 Å². The molecule has 3 fully saturated rings. The Bertz CT molecular complexity index is 1450. The molecule has 204 valence electrons. The van der Waals surface area contributed by atoms with Crippen LogP contribution in [0.2, 0.25) is 0 Å². The molecule has 0 radical (unpaired) electrons. The summed E-state index contributed by atoms with van der Waals surface area (Å²) >= 11 is 0. The molecule has 3 aromatic rings. The molecular formula is C32H33FN6O. The first kappa shape index (κ1) is 26.1. The second kappa shape index (κ2) is 10.8. The van der Waals surface area contributed by atoms with Crippen LogP contribution in [-0.2, 0) is 4.79 Å². The summed E-state index contributed by atoms with van der Waals surface area (Å²) in [5, 5.41) is 26.8. The molecule has 1 saturated heterocycles. The molecule has 7 nitrogen and oxygen atoms in total. The lowest BCUT2D eigenvalue weighted by Crippen LogP contribution is -2.42. The van der Waals surface area contributed by atoms with E-state index in [9.17, 15) is 19.7 Å². The van der Waals surface area contributed by atoms with Crippen molar-refractivity contribution >= 4 is 11.6 Å². The molecule has 1 amide bonds. The fourth-order valence-electron chi connectivity index (χ4n) is 6.22. The van der Waals surface area contributed by atoms with Crippen LogP contribution in [0.25, 0.3) is 16.8 Å². The minimum Gasteiger partial charge on any atom is -0.371 e. The zero-order chi connectivity index (χ0) is 27.7. The van der Waals surface area contributed by atoms with E-state index in [-0.39, 0.29) is 29.5 Å². The number of rotatable bonds is 6. The molecule has 2 heterocycles. The number of hydrogen-bond acceptors (Lipinski definition) is 5. The van der Waals surface area contributed by atoms with Crippen molar-refractivity contribution in [3.05, 3.63) is 66.2 Å². The number of carbonyl (C=O) groups is 1. The topological polar surface area (TPSA) is 97.7 Å². The lowest BCUT2D eigenvalue weighted by atomic mass is 9.75. The number of aromatic nitrogens is 2. The van der Waals surface area contributed by atoms with Gasteiger partial charge in [0.2, 0.25) is 5.91 Å². The number of amides is 1. The second-order valence-electron chi connectivity index (χ2n) is 11.5. The van der Waals surface area contributed by atoms with E-state index in [4.69, 9.17) is 5.10 Å². The molecule has 0 unspecified atom stereocenters. The monoisotopic (exact) mass is 536 g/mol. The number of anilines is 1. The smallest absolute Gasteiger partial charge is 0.225 e. The number of benzene rings is 2. The van der Waals surface area contributed by atoms with Crippen molar-refractivity contribution in [3.63, 3.8) is 0 Å². The molecule has 2 saturated carbocycles. The van der Waals surface area contributed by atoms with E-state index in [0.717, 1.165) is 79.8 Å². The van der Waals surface area contributed by atoms with Crippen molar-refractivity contribution in [2.45, 2.75) is 62.8 Å². The van der Waals surface area contributed by atoms with Crippen LogP contribution in [0.3, 0.4) is 0 Å². The number of halogens is 1. The minimum atomic E-state index is -0.701. The van der Waals surface area contributed by atoms with Crippen LogP contribution >= 0.6 is 0 Å². The van der Waals surface area contributed by atoms with Crippen LogP contribution in [0.1, 0.15) is 63.0 Å². The summed E-state index contributed by atoms with van der Waals surface area (Å²) in [6.45, 7) is 1.74. The van der Waals surface area contributed by atoms with Crippen molar-refractivity contribution in [3.8, 4) is 29.0 Å². The van der Waals surface area contributed by atoms with Crippen LogP contribution in [0.5, 0.6) is 0 Å². The number of hydrogen-bond donors (Lipinski definition) is 1. The van der Waals surface area contributed by atoms with Crippen LogP contribution < -0.4 is 10.2 Å². The summed E-state index contributed by atoms with van der Waals surface area (Å²) in [6, 6.07) is 19.4. The Hall–Kier alpha value is -4.17. The average molecular weight is 537 g/mol. The molecule has 6 rings (SSSR count). The molecule has 40 heavy (non-hydrogen) atoms. The van der Waals surface area contributed by atoms with Gasteiger partial charge < -0.3 is 10.2 Å². The Labute approximate surface area is 234 Å². The standard InChI is InChI=1S/C32H33FN6O/c33-24-7-11-26(12-8-24)39-20-29(23-5-9-25(10-6-23)38-17-13-22(19-34)14-18-38)30(37-39)27-3-1-2-4-28(27)31(40)36-32(21-35)15-16-32/h5-12,20,22,27-28H,1-4,13-18H2,(H,36,40)/t27-,28-/m1/s1. The van der Waals surface area contributed by atoms with Gasteiger partial charge in [0, 0.05) is 48.3 Å². The number of nitrogens with zero attached hydrogens (tertiary/aromatic N) is 5. The summed E-state index contributed by atoms with van der Waals surface area (Å²) in [7, 11) is 0. The first-order valence-electron chi connectivity index (χ1n) is 14.3. The van der Waals surface area contributed by atoms with Crippen molar-refractivity contribution in [1.29, 1.82) is 10.5 Å². The number of nitrogens with one attached hydrogen (secondary N) is 1. The molecule has 2 aliphatic carbocycles. The van der Waals surface area contributed by atoms with Gasteiger partial charge in [0.25, 0.3) is 0 Å². The summed E-state index contributed by atoms with van der Waals surface area (Å²) < 4.78 is 15.5. The van der Waals surface area contributed by atoms with Crippen molar-refractivity contribution in [2.24, 2.45) is 11.8 Å². The maximum Gasteiger partial charge on any atom is 0.225 e. The molecule has 2 aromatic carbocycles. The first-order valence-corrected chi connectivity index (χ1v) is 14.3. The minimum absolute atomic E-state index is 0.0536. The van der Waals surface area contributed by atoms with Gasteiger partial charge in [-0.1, -0.05) is 25.0 Å². The summed E-state index contributed by atoms with van der Waals surface area (Å²) in [5.41, 5.74) is 4.03. The highest BCUT2D eigenvalue weighted by atomic mass is 19.1. The Morgan fingerprint density at radius 2 is 1.62 bits per heavy atom. The lowest BCUT2D eigenvalue weighted by Gasteiger charge is -2.31. The fourth-order valence-corrected chi connectivity index (χ4v) is 6.22. The highest BCUT2D eigenvalue weighted by Crippen LogP contribution is 2.43. The molecule has 3 aliphatic rings. The van der Waals surface area contributed by atoms with Crippen LogP contribution in [0, 0.1) is 40.3 Å². The van der Waals surface area contributed by atoms with Crippen molar-refractivity contribution < 1.29 is 9.18 Å². The van der Waals surface area contributed by atoms with Crippen molar-refractivity contribution in [2.75, 3.05) is 18.0 Å². The van der Waals surface area contributed by atoms with E-state index < -0.39 is 5.54 Å². The number of nitriles is 2. The van der Waals surface area contributed by atoms with Gasteiger partial charge in [0.05, 0.1) is 23.5 Å². The van der Waals surface area contributed by atoms with Gasteiger partial charge in [0.15, 0.2) is 0 Å². The predicted molar refractivity (Wildman–Crippen MR) is 150 cm³/mol. The van der Waals surface area contributed by atoms with Crippen LogP contribution in [0.15, 0.2) is 54.7 Å². The number of carbonyl (C=O) groups excluding carboxylic acids is 1. The Kier molecular flexibility index (Phi) is 7.02. The van der Waals surface area contributed by atoms with Gasteiger partial charge in [0.1, 0.15) is 11.4 Å². The van der Waals surface area contributed by atoms with Gasteiger partial charge in [-0.15, -0.1) is 0 Å². The van der Waals surface area contributed by atoms with E-state index >= 15 is 0 Å². The number of piperidine rings is 1. The Morgan fingerprint density at radius 3 is 2.27 bits per heavy atom. The highest BCUT2D eigenvalue weighted by molar-refractivity contribution is 5.82. The quantitative estimate of drug-likeness (QED) is 0.425. The van der Waals surface area contributed by atoms with E-state index in [1.807, 2.05) is 6.20 Å². The molecule has 1 aromatic heterocycles. The third kappa shape index (κ3) is 5.19. The van der Waals surface area contributed by atoms with E-state index in [1.165, 1.54) is 12.1 Å². The first-order chi connectivity index (χ1) is 19.5. The van der Waals surface area contributed by atoms with Crippen molar-refractivity contribution in [1.82, 2.24) is 15.1 Å². The Balaban J connectivity index is 1.33. The van der Waals surface area contributed by atoms with Gasteiger partial charge in [-0.2, -0.15) is 15.6 Å². The summed E-state index contributed by atoms with van der Waals surface area (Å²) in [5.74, 6) is -0.553. The average Bonchev–Trinajstić information content (AvgIpc) is 3.64. The molecule has 2 atom stereocenters. The van der Waals surface area contributed by atoms with E-state index in [2.05, 4.69) is 46.6 Å². The zero-order valence-electron chi connectivity index (χ0n) is 22.5. The van der Waals surface area contributed by atoms with Gasteiger partial charge >= 0.3 is 0 Å². The van der Waals surface area contributed by atoms with Gasteiger partial charge in [-0.05, 0) is 80.5 Å². The van der Waals surface area contributed by atoms with Crippen LogP contribution in [-0.4, -0.2) is 34.3 Å². The lowest BCUT2D eigenvalue weighted by molar-refractivity contribution is -0.127. The third-order valence-electron chi connectivity index (χ3n) is 8.84. The van der Waals surface area contributed by atoms with E-state index in [0.29, 0.717) is 12.8 Å². The second-order valence-corrected chi connectivity index (χ2v) is 11.5. The maximum atomic E-state index is 13.7. The zero-order valence-corrected chi connectivity index (χ0v) is 22.5. The molecule has 1 aliphatic heterocycles. The summed E-state index contributed by atoms with van der Waals surface area (Å²) in [4.78, 5) is 15.8. The maximum absolute atomic E-state index is 13.7. The predicted octanol–water partition coefficient (Wildman–Crippen LogP) is 5.86. The largest absolute Gasteiger partial charge is 0.371 e. The molecular weight excluding hydrogens is 503 g/mol. The van der Waals surface area contributed by atoms with Crippen LogP contribution in [0.4, 0.5) is 10.1 Å². The molecule has 0 spiro atoms. The molecule has 8 heteroatoms. The normalized spacial score (nSPS) is 22.2. The molecule has 0 bridgehead atoms. The third-order valence-corrected chi connectivity index (χ3v) is 8.84. The summed E-state index contributed by atoms with van der Waals surface area (Å²) in [6.07, 6.45) is 8.75. The Morgan fingerprint density at radius 1 is 0.950 bits per heavy atom. The molecule has 1 N–H and O–H groups in total. The van der Waals surface area contributed by atoms with Gasteiger partial charge in [-0.25, -0.2) is 9.07 Å².